The van der Waals surface area contributed by atoms with E-state index in [2.05, 4.69) is 74.5 Å². The zero-order valence-electron chi connectivity index (χ0n) is 8.21. The van der Waals surface area contributed by atoms with E-state index in [0.717, 1.165) is 4.47 Å². The van der Waals surface area contributed by atoms with Crippen molar-refractivity contribution in [3.05, 3.63) is 56.2 Å². The summed E-state index contributed by atoms with van der Waals surface area (Å²) < 4.78 is 1.16. The van der Waals surface area contributed by atoms with Crippen LogP contribution in [0.5, 0.6) is 0 Å². The summed E-state index contributed by atoms with van der Waals surface area (Å²) in [6, 6.07) is 10.7. The first-order chi connectivity index (χ1) is 7.18. The highest BCUT2D eigenvalue weighted by Gasteiger charge is 2.11. The van der Waals surface area contributed by atoms with Crippen LogP contribution in [0.1, 0.15) is 20.8 Å². The van der Waals surface area contributed by atoms with E-state index in [1.54, 1.807) is 11.3 Å². The van der Waals surface area contributed by atoms with E-state index in [1.807, 2.05) is 0 Å². The Balaban J connectivity index is 2.34. The van der Waals surface area contributed by atoms with Gasteiger partial charge in [0.15, 0.2) is 0 Å². The molecule has 0 nitrogen and oxygen atoms in total. The van der Waals surface area contributed by atoms with Gasteiger partial charge in [-0.3, -0.25) is 0 Å². The molecule has 2 rings (SSSR count). The van der Waals surface area contributed by atoms with Crippen LogP contribution in [-0.2, 0) is 0 Å². The molecule has 0 N–H and O–H groups in total. The molecular weight excluding hydrogens is 336 g/mol. The van der Waals surface area contributed by atoms with Gasteiger partial charge in [0, 0.05) is 9.35 Å². The molecule has 78 valence electrons. The van der Waals surface area contributed by atoms with Gasteiger partial charge in [0.2, 0.25) is 0 Å². The Morgan fingerprint density at radius 1 is 1.27 bits per heavy atom. The number of benzene rings is 1. The second kappa shape index (κ2) is 4.81. The van der Waals surface area contributed by atoms with Gasteiger partial charge >= 0.3 is 0 Å². The first-order valence-corrected chi connectivity index (χ1v) is 7.21. The largest absolute Gasteiger partial charge is 0.147 e. The summed E-state index contributed by atoms with van der Waals surface area (Å²) in [5, 5.41) is 2.11. The predicted molar refractivity (Wildman–Crippen MR) is 74.0 cm³/mol. The molecule has 3 heteroatoms. The van der Waals surface area contributed by atoms with Crippen molar-refractivity contribution in [2.75, 3.05) is 0 Å². The van der Waals surface area contributed by atoms with E-state index in [9.17, 15) is 0 Å². The smallest absolute Gasteiger partial charge is 0.0738 e. The van der Waals surface area contributed by atoms with Crippen LogP contribution >= 0.6 is 43.2 Å². The van der Waals surface area contributed by atoms with Crippen LogP contribution in [0.4, 0.5) is 0 Å². The van der Waals surface area contributed by atoms with Crippen LogP contribution < -0.4 is 0 Å². The number of hydrogen-bond donors (Lipinski definition) is 0. The Hall–Kier alpha value is -0.120. The maximum Gasteiger partial charge on any atom is 0.0738 e. The van der Waals surface area contributed by atoms with Crippen molar-refractivity contribution in [3.63, 3.8) is 0 Å². The number of alkyl halides is 1. The van der Waals surface area contributed by atoms with E-state index in [4.69, 9.17) is 0 Å². The Kier molecular flexibility index (Phi) is 3.65. The van der Waals surface area contributed by atoms with Gasteiger partial charge in [0.1, 0.15) is 0 Å². The first kappa shape index (κ1) is 11.4. The molecule has 0 aliphatic carbocycles. The molecule has 15 heavy (non-hydrogen) atoms. The Morgan fingerprint density at radius 2 is 2.07 bits per heavy atom. The number of thiophene rings is 1. The van der Waals surface area contributed by atoms with Crippen molar-refractivity contribution in [2.24, 2.45) is 0 Å². The maximum absolute atomic E-state index is 3.73. The number of halogens is 2. The van der Waals surface area contributed by atoms with Crippen LogP contribution in [-0.4, -0.2) is 0 Å². The molecule has 0 aliphatic rings. The van der Waals surface area contributed by atoms with Crippen molar-refractivity contribution in [2.45, 2.75) is 11.8 Å². The summed E-state index contributed by atoms with van der Waals surface area (Å²) in [5.74, 6) is 0. The second-order valence-electron chi connectivity index (χ2n) is 3.39. The lowest BCUT2D eigenvalue weighted by atomic mass is 10.1. The molecule has 1 aromatic carbocycles. The first-order valence-electron chi connectivity index (χ1n) is 4.62. The van der Waals surface area contributed by atoms with Gasteiger partial charge in [-0.25, -0.2) is 0 Å². The van der Waals surface area contributed by atoms with Gasteiger partial charge in [-0.1, -0.05) is 50.1 Å². The molecule has 0 bridgehead atoms. The monoisotopic (exact) mass is 344 g/mol. The molecule has 2 aromatic rings. The third kappa shape index (κ3) is 2.52. The summed E-state index contributed by atoms with van der Waals surface area (Å²) in [6.07, 6.45) is 0. The summed E-state index contributed by atoms with van der Waals surface area (Å²) >= 11 is 9.02. The van der Waals surface area contributed by atoms with Gasteiger partial charge in [0.05, 0.1) is 4.83 Å². The van der Waals surface area contributed by atoms with Crippen molar-refractivity contribution in [1.82, 2.24) is 0 Å². The van der Waals surface area contributed by atoms with E-state index in [0.29, 0.717) is 4.83 Å². The normalized spacial score (nSPS) is 12.7. The zero-order valence-corrected chi connectivity index (χ0v) is 12.2. The molecule has 0 fully saturated rings. The van der Waals surface area contributed by atoms with Crippen LogP contribution in [0.2, 0.25) is 0 Å². The topological polar surface area (TPSA) is 0 Å². The van der Waals surface area contributed by atoms with Gasteiger partial charge in [-0.05, 0) is 35.6 Å². The molecule has 0 saturated heterocycles. The van der Waals surface area contributed by atoms with Gasteiger partial charge in [-0.2, -0.15) is 0 Å². The van der Waals surface area contributed by atoms with Crippen molar-refractivity contribution < 1.29 is 0 Å². The molecular formula is C12H10Br2S. The number of aryl methyl sites for hydroxylation is 1. The Morgan fingerprint density at radius 3 is 2.67 bits per heavy atom. The number of rotatable bonds is 2. The minimum Gasteiger partial charge on any atom is -0.147 e. The molecule has 0 spiro atoms. The molecule has 1 heterocycles. The lowest BCUT2D eigenvalue weighted by molar-refractivity contribution is 1.20. The van der Waals surface area contributed by atoms with E-state index >= 15 is 0 Å². The zero-order chi connectivity index (χ0) is 10.8. The van der Waals surface area contributed by atoms with Crippen molar-refractivity contribution in [1.29, 1.82) is 0 Å². The fraction of sp³-hybridized carbons (Fsp3) is 0.167. The van der Waals surface area contributed by atoms with Crippen LogP contribution in [0.3, 0.4) is 0 Å². The Labute approximate surface area is 111 Å². The van der Waals surface area contributed by atoms with Gasteiger partial charge in [-0.15, -0.1) is 11.3 Å². The molecule has 0 saturated carbocycles. The minimum absolute atomic E-state index is 0.310. The SMILES string of the molecule is Cc1cc(C(Br)c2cccs2)ccc1Br. The van der Waals surface area contributed by atoms with Gasteiger partial charge < -0.3 is 0 Å². The van der Waals surface area contributed by atoms with Crippen molar-refractivity contribution in [3.8, 4) is 0 Å². The molecule has 1 unspecified atom stereocenters. The van der Waals surface area contributed by atoms with Crippen LogP contribution in [0, 0.1) is 6.92 Å². The van der Waals surface area contributed by atoms with E-state index in [1.165, 1.54) is 16.0 Å². The van der Waals surface area contributed by atoms with Crippen LogP contribution in [0.25, 0.3) is 0 Å². The molecule has 1 atom stereocenters. The predicted octanol–water partition coefficient (Wildman–Crippen LogP) is 5.30. The highest BCUT2D eigenvalue weighted by molar-refractivity contribution is 9.10. The average molecular weight is 346 g/mol. The average Bonchev–Trinajstić information content (AvgIpc) is 2.74. The lowest BCUT2D eigenvalue weighted by Gasteiger charge is -2.09. The number of hydrogen-bond acceptors (Lipinski definition) is 1. The molecule has 0 radical (unpaired) electrons. The molecule has 0 amide bonds. The van der Waals surface area contributed by atoms with E-state index in [-0.39, 0.29) is 0 Å². The summed E-state index contributed by atoms with van der Waals surface area (Å²) in [6.45, 7) is 2.11. The van der Waals surface area contributed by atoms with Crippen LogP contribution in [0.15, 0.2) is 40.2 Å². The second-order valence-corrected chi connectivity index (χ2v) is 6.14. The fourth-order valence-electron chi connectivity index (χ4n) is 1.43. The van der Waals surface area contributed by atoms with Crippen molar-refractivity contribution >= 4 is 43.2 Å². The summed E-state index contributed by atoms with van der Waals surface area (Å²) in [5.41, 5.74) is 2.58. The third-order valence-corrected chi connectivity index (χ3v) is 5.42. The quantitative estimate of drug-likeness (QED) is 0.647. The minimum atomic E-state index is 0.310. The highest BCUT2D eigenvalue weighted by Crippen LogP contribution is 2.34. The Bertz CT molecular complexity index is 449. The summed E-state index contributed by atoms with van der Waals surface area (Å²) in [7, 11) is 0. The molecule has 1 aromatic heterocycles. The summed E-state index contributed by atoms with van der Waals surface area (Å²) in [4.78, 5) is 1.65. The molecule has 0 aliphatic heterocycles. The highest BCUT2D eigenvalue weighted by atomic mass is 79.9. The van der Waals surface area contributed by atoms with Gasteiger partial charge in [0.25, 0.3) is 0 Å². The maximum atomic E-state index is 3.73. The van der Waals surface area contributed by atoms with E-state index < -0.39 is 0 Å². The lowest BCUT2D eigenvalue weighted by Crippen LogP contribution is -1.90. The third-order valence-electron chi connectivity index (χ3n) is 2.27. The fourth-order valence-corrected chi connectivity index (χ4v) is 3.16. The standard InChI is InChI=1S/C12H10Br2S/c1-8-7-9(4-5-10(8)13)12(14)11-3-2-6-15-11/h2-7,12H,1H3.